The van der Waals surface area contributed by atoms with Gasteiger partial charge in [0, 0.05) is 25.7 Å². The molecule has 3 aromatic rings. The Morgan fingerprint density at radius 1 is 1.10 bits per heavy atom. The maximum atomic E-state index is 12.7. The highest BCUT2D eigenvalue weighted by molar-refractivity contribution is 7.89. The van der Waals surface area contributed by atoms with Crippen molar-refractivity contribution in [2.24, 2.45) is 12.0 Å². The van der Waals surface area contributed by atoms with E-state index >= 15 is 0 Å². The van der Waals surface area contributed by atoms with Gasteiger partial charge in [0.05, 0.1) is 16.2 Å². The first-order chi connectivity index (χ1) is 14.3. The van der Waals surface area contributed by atoms with Crippen LogP contribution in [0.3, 0.4) is 0 Å². The number of thiazole rings is 1. The highest BCUT2D eigenvalue weighted by Gasteiger charge is 2.21. The highest BCUT2D eigenvalue weighted by atomic mass is 32.2. The Morgan fingerprint density at radius 3 is 2.37 bits per heavy atom. The number of hydrogen-bond acceptors (Lipinski definition) is 5. The predicted octanol–water partition coefficient (Wildman–Crippen LogP) is 3.41. The highest BCUT2D eigenvalue weighted by Crippen LogP contribution is 2.27. The molecule has 0 aliphatic rings. The molecule has 0 aliphatic carbocycles. The van der Waals surface area contributed by atoms with Gasteiger partial charge in [0.15, 0.2) is 4.80 Å². The van der Waals surface area contributed by atoms with Crippen molar-refractivity contribution in [1.82, 2.24) is 8.87 Å². The van der Waals surface area contributed by atoms with E-state index in [2.05, 4.69) is 4.99 Å². The number of benzene rings is 2. The van der Waals surface area contributed by atoms with Crippen molar-refractivity contribution >= 4 is 37.5 Å². The molecule has 0 aliphatic heterocycles. The molecule has 0 unspecified atom stereocenters. The Morgan fingerprint density at radius 2 is 1.77 bits per heavy atom. The summed E-state index contributed by atoms with van der Waals surface area (Å²) in [5.74, 6) is 0.315. The molecule has 30 heavy (non-hydrogen) atoms. The van der Waals surface area contributed by atoms with Crippen LogP contribution in [0, 0.1) is 0 Å². The number of amides is 1. The summed E-state index contributed by atoms with van der Waals surface area (Å²) in [6.07, 6.45) is 0. The minimum Gasteiger partial charge on any atom is -0.492 e. The summed E-state index contributed by atoms with van der Waals surface area (Å²) in [5.41, 5.74) is 1.22. The first kappa shape index (κ1) is 22.2. The van der Waals surface area contributed by atoms with Crippen LogP contribution in [0.5, 0.6) is 5.75 Å². The second-order valence-corrected chi connectivity index (χ2v) is 9.46. The van der Waals surface area contributed by atoms with E-state index in [9.17, 15) is 13.2 Å². The molecule has 0 N–H and O–H groups in total. The monoisotopic (exact) mass is 447 g/mol. The molecule has 0 fully saturated rings. The second kappa shape index (κ2) is 9.11. The number of aromatic nitrogens is 1. The summed E-state index contributed by atoms with van der Waals surface area (Å²) in [7, 11) is -1.72. The standard InChI is InChI=1S/C21H25N3O4S2/c1-5-24(6-2)30(26,27)16-13-11-15(12-14-16)20(25)22-21-23(4)19-17(28-7-3)9-8-10-18(19)29-21/h8-14H,5-7H2,1-4H3. The van der Waals surface area contributed by atoms with Crippen molar-refractivity contribution < 1.29 is 17.9 Å². The number of aryl methyl sites for hydroxylation is 1. The van der Waals surface area contributed by atoms with Gasteiger partial charge >= 0.3 is 0 Å². The predicted molar refractivity (Wildman–Crippen MR) is 118 cm³/mol. The number of hydrogen-bond donors (Lipinski definition) is 0. The summed E-state index contributed by atoms with van der Waals surface area (Å²) in [6.45, 7) is 6.83. The van der Waals surface area contributed by atoms with Crippen molar-refractivity contribution in [2.75, 3.05) is 19.7 Å². The molecule has 1 amide bonds. The topological polar surface area (TPSA) is 81.0 Å². The Hall–Kier alpha value is -2.49. The van der Waals surface area contributed by atoms with Crippen molar-refractivity contribution in [2.45, 2.75) is 25.7 Å². The van der Waals surface area contributed by atoms with Crippen LogP contribution in [0.15, 0.2) is 52.4 Å². The molecular formula is C21H25N3O4S2. The van der Waals surface area contributed by atoms with Gasteiger partial charge in [-0.2, -0.15) is 9.30 Å². The number of para-hydroxylation sites is 1. The molecule has 0 saturated carbocycles. The van der Waals surface area contributed by atoms with Gasteiger partial charge in [-0.3, -0.25) is 4.79 Å². The van der Waals surface area contributed by atoms with Crippen molar-refractivity contribution in [3.05, 3.63) is 52.8 Å². The van der Waals surface area contributed by atoms with Crippen molar-refractivity contribution in [3.63, 3.8) is 0 Å². The van der Waals surface area contributed by atoms with Gasteiger partial charge in [-0.1, -0.05) is 31.3 Å². The molecule has 0 spiro atoms. The fourth-order valence-electron chi connectivity index (χ4n) is 3.18. The molecule has 7 nitrogen and oxygen atoms in total. The lowest BCUT2D eigenvalue weighted by atomic mass is 10.2. The normalized spacial score (nSPS) is 12.6. The van der Waals surface area contributed by atoms with E-state index in [1.807, 2.05) is 36.7 Å². The van der Waals surface area contributed by atoms with Crippen LogP contribution in [0.4, 0.5) is 0 Å². The van der Waals surface area contributed by atoms with E-state index in [0.29, 0.717) is 30.1 Å². The number of sulfonamides is 1. The zero-order valence-corrected chi connectivity index (χ0v) is 19.1. The Kier molecular flexibility index (Phi) is 6.74. The molecular weight excluding hydrogens is 422 g/mol. The van der Waals surface area contributed by atoms with E-state index < -0.39 is 15.9 Å². The van der Waals surface area contributed by atoms with Crippen LogP contribution in [-0.4, -0.2) is 42.9 Å². The fraction of sp³-hybridized carbons (Fsp3) is 0.333. The van der Waals surface area contributed by atoms with E-state index in [0.717, 1.165) is 16.0 Å². The average molecular weight is 448 g/mol. The SMILES string of the molecule is CCOc1cccc2sc(=NC(=O)c3ccc(S(=O)(=O)N(CC)CC)cc3)n(C)c12. The van der Waals surface area contributed by atoms with Gasteiger partial charge < -0.3 is 9.30 Å². The second-order valence-electron chi connectivity index (χ2n) is 6.51. The summed E-state index contributed by atoms with van der Waals surface area (Å²) in [6, 6.07) is 11.7. The first-order valence-electron chi connectivity index (χ1n) is 9.74. The van der Waals surface area contributed by atoms with Gasteiger partial charge in [0.1, 0.15) is 11.3 Å². The molecule has 2 aromatic carbocycles. The quantitative estimate of drug-likeness (QED) is 0.556. The molecule has 3 rings (SSSR count). The summed E-state index contributed by atoms with van der Waals surface area (Å²) >= 11 is 1.40. The molecule has 160 valence electrons. The molecule has 0 atom stereocenters. The van der Waals surface area contributed by atoms with Gasteiger partial charge in [0.2, 0.25) is 10.0 Å². The lowest BCUT2D eigenvalue weighted by Crippen LogP contribution is -2.30. The molecule has 1 aromatic heterocycles. The van der Waals surface area contributed by atoms with E-state index in [1.54, 1.807) is 13.8 Å². The van der Waals surface area contributed by atoms with Crippen LogP contribution in [0.1, 0.15) is 31.1 Å². The fourth-order valence-corrected chi connectivity index (χ4v) is 5.67. The number of nitrogens with zero attached hydrogens (tertiary/aromatic N) is 3. The number of fused-ring (bicyclic) bond motifs is 1. The molecule has 1 heterocycles. The summed E-state index contributed by atoms with van der Waals surface area (Å²) < 4.78 is 35.1. The van der Waals surface area contributed by atoms with E-state index in [1.165, 1.54) is 39.9 Å². The first-order valence-corrected chi connectivity index (χ1v) is 12.0. The number of carbonyl (C=O) groups excluding carboxylic acids is 1. The lowest BCUT2D eigenvalue weighted by Gasteiger charge is -2.18. The lowest BCUT2D eigenvalue weighted by molar-refractivity contribution is 0.0998. The molecule has 9 heteroatoms. The van der Waals surface area contributed by atoms with Crippen LogP contribution in [-0.2, 0) is 17.1 Å². The van der Waals surface area contributed by atoms with Crippen molar-refractivity contribution in [3.8, 4) is 5.75 Å². The summed E-state index contributed by atoms with van der Waals surface area (Å²) in [4.78, 5) is 17.7. The average Bonchev–Trinajstić information content (AvgIpc) is 3.05. The van der Waals surface area contributed by atoms with Crippen molar-refractivity contribution in [1.29, 1.82) is 0 Å². The largest absolute Gasteiger partial charge is 0.492 e. The number of rotatable bonds is 7. The Balaban J connectivity index is 1.96. The summed E-state index contributed by atoms with van der Waals surface area (Å²) in [5, 5.41) is 0. The van der Waals surface area contributed by atoms with Gasteiger partial charge in [-0.25, -0.2) is 8.42 Å². The van der Waals surface area contributed by atoms with Gasteiger partial charge in [0.25, 0.3) is 5.91 Å². The molecule has 0 radical (unpaired) electrons. The smallest absolute Gasteiger partial charge is 0.279 e. The minimum atomic E-state index is -3.56. The Labute approximate surface area is 180 Å². The number of ether oxygens (including phenoxy) is 1. The third kappa shape index (κ3) is 4.19. The minimum absolute atomic E-state index is 0.163. The molecule has 0 bridgehead atoms. The third-order valence-electron chi connectivity index (χ3n) is 4.73. The van der Waals surface area contributed by atoms with Crippen LogP contribution in [0.2, 0.25) is 0 Å². The van der Waals surface area contributed by atoms with Gasteiger partial charge in [-0.15, -0.1) is 0 Å². The van der Waals surface area contributed by atoms with Gasteiger partial charge in [-0.05, 0) is 43.3 Å². The Bertz CT molecular complexity index is 1220. The number of carbonyl (C=O) groups is 1. The molecule has 0 saturated heterocycles. The van der Waals surface area contributed by atoms with Crippen LogP contribution >= 0.6 is 11.3 Å². The van der Waals surface area contributed by atoms with E-state index in [-0.39, 0.29) is 4.90 Å². The maximum Gasteiger partial charge on any atom is 0.279 e. The zero-order chi connectivity index (χ0) is 21.9. The third-order valence-corrected chi connectivity index (χ3v) is 7.89. The maximum absolute atomic E-state index is 12.7. The van der Waals surface area contributed by atoms with E-state index in [4.69, 9.17) is 4.74 Å². The van der Waals surface area contributed by atoms with Crippen LogP contribution in [0.25, 0.3) is 10.2 Å². The zero-order valence-electron chi connectivity index (χ0n) is 17.5. The van der Waals surface area contributed by atoms with Crippen LogP contribution < -0.4 is 9.54 Å².